The van der Waals surface area contributed by atoms with Crippen molar-refractivity contribution in [2.75, 3.05) is 6.61 Å². The van der Waals surface area contributed by atoms with Gasteiger partial charge in [0.1, 0.15) is 5.75 Å². The van der Waals surface area contributed by atoms with Crippen molar-refractivity contribution in [3.05, 3.63) is 29.8 Å². The Morgan fingerprint density at radius 1 is 1.29 bits per heavy atom. The molecule has 2 atom stereocenters. The second kappa shape index (κ2) is 5.54. The summed E-state index contributed by atoms with van der Waals surface area (Å²) in [5.74, 6) is 1.59. The van der Waals surface area contributed by atoms with Crippen LogP contribution in [0.2, 0.25) is 0 Å². The number of benzene rings is 1. The molecule has 2 unspecified atom stereocenters. The minimum atomic E-state index is -0.241. The molecule has 2 nitrogen and oxygen atoms in total. The Bertz CT molecular complexity index is 358. The highest BCUT2D eigenvalue weighted by molar-refractivity contribution is 5.38. The van der Waals surface area contributed by atoms with Gasteiger partial charge in [-0.3, -0.25) is 0 Å². The predicted molar refractivity (Wildman–Crippen MR) is 69.4 cm³/mol. The van der Waals surface area contributed by atoms with Gasteiger partial charge in [-0.05, 0) is 24.0 Å². The molecule has 1 N–H and O–H groups in total. The van der Waals surface area contributed by atoms with E-state index in [1.165, 1.54) is 5.56 Å². The van der Waals surface area contributed by atoms with Gasteiger partial charge in [0.25, 0.3) is 0 Å². The molecule has 2 rings (SSSR count). The molecule has 0 fully saturated rings. The number of rotatable bonds is 4. The molecule has 0 spiro atoms. The summed E-state index contributed by atoms with van der Waals surface area (Å²) in [5, 5.41) is 10.5. The Morgan fingerprint density at radius 2 is 2.00 bits per heavy atom. The number of aliphatic hydroxyl groups excluding tert-OH is 1. The van der Waals surface area contributed by atoms with E-state index in [4.69, 9.17) is 4.74 Å². The summed E-state index contributed by atoms with van der Waals surface area (Å²) in [7, 11) is 0. The fourth-order valence-corrected chi connectivity index (χ4v) is 2.82. The van der Waals surface area contributed by atoms with Gasteiger partial charge in [-0.25, -0.2) is 0 Å². The highest BCUT2D eigenvalue weighted by Gasteiger charge is 2.31. The SMILES string of the molecule is CCC(CC)C(O)C1CCOc2ccccc21. The number of para-hydroxylation sites is 1. The minimum Gasteiger partial charge on any atom is -0.493 e. The summed E-state index contributed by atoms with van der Waals surface area (Å²) in [6.07, 6.45) is 2.76. The van der Waals surface area contributed by atoms with Crippen LogP contribution in [0.4, 0.5) is 0 Å². The Morgan fingerprint density at radius 3 is 2.71 bits per heavy atom. The van der Waals surface area contributed by atoms with Gasteiger partial charge in [-0.15, -0.1) is 0 Å². The Balaban J connectivity index is 2.23. The second-order valence-corrected chi connectivity index (χ2v) is 4.85. The first-order chi connectivity index (χ1) is 8.27. The summed E-state index contributed by atoms with van der Waals surface area (Å²) in [5.41, 5.74) is 1.18. The zero-order valence-corrected chi connectivity index (χ0v) is 10.7. The molecule has 0 saturated carbocycles. The van der Waals surface area contributed by atoms with Crippen LogP contribution in [-0.2, 0) is 0 Å². The average molecular weight is 234 g/mol. The minimum absolute atomic E-state index is 0.241. The van der Waals surface area contributed by atoms with Crippen molar-refractivity contribution in [1.29, 1.82) is 0 Å². The Hall–Kier alpha value is -1.02. The van der Waals surface area contributed by atoms with Gasteiger partial charge < -0.3 is 9.84 Å². The van der Waals surface area contributed by atoms with Crippen molar-refractivity contribution in [2.45, 2.75) is 45.1 Å². The zero-order chi connectivity index (χ0) is 12.3. The van der Waals surface area contributed by atoms with Crippen LogP contribution in [0.1, 0.15) is 44.6 Å². The summed E-state index contributed by atoms with van der Waals surface area (Å²) in [4.78, 5) is 0. The predicted octanol–water partition coefficient (Wildman–Crippen LogP) is 3.35. The quantitative estimate of drug-likeness (QED) is 0.865. The molecule has 94 valence electrons. The topological polar surface area (TPSA) is 29.5 Å². The summed E-state index contributed by atoms with van der Waals surface area (Å²) in [6.45, 7) is 5.03. The van der Waals surface area contributed by atoms with Crippen molar-refractivity contribution < 1.29 is 9.84 Å². The maximum atomic E-state index is 10.5. The molecule has 1 aromatic rings. The first-order valence-electron chi connectivity index (χ1n) is 6.67. The largest absolute Gasteiger partial charge is 0.493 e. The lowest BCUT2D eigenvalue weighted by atomic mass is 9.80. The first kappa shape index (κ1) is 12.4. The Kier molecular flexibility index (Phi) is 4.06. The molecule has 0 amide bonds. The van der Waals surface area contributed by atoms with E-state index in [1.54, 1.807) is 0 Å². The lowest BCUT2D eigenvalue weighted by Gasteiger charge is -2.33. The van der Waals surface area contributed by atoms with Crippen LogP contribution in [0.5, 0.6) is 5.75 Å². The number of aliphatic hydroxyl groups is 1. The summed E-state index contributed by atoms with van der Waals surface area (Å²) in [6, 6.07) is 8.11. The molecule has 1 aliphatic rings. The van der Waals surface area contributed by atoms with E-state index >= 15 is 0 Å². The number of hydrogen-bond acceptors (Lipinski definition) is 2. The average Bonchev–Trinajstić information content (AvgIpc) is 2.39. The van der Waals surface area contributed by atoms with E-state index in [9.17, 15) is 5.11 Å². The first-order valence-corrected chi connectivity index (χ1v) is 6.67. The maximum Gasteiger partial charge on any atom is 0.122 e. The fourth-order valence-electron chi connectivity index (χ4n) is 2.82. The third-order valence-electron chi connectivity index (χ3n) is 3.95. The van der Waals surface area contributed by atoms with Gasteiger partial charge in [0.05, 0.1) is 12.7 Å². The number of ether oxygens (including phenoxy) is 1. The fraction of sp³-hybridized carbons (Fsp3) is 0.600. The second-order valence-electron chi connectivity index (χ2n) is 4.85. The van der Waals surface area contributed by atoms with Crippen LogP contribution in [0.15, 0.2) is 24.3 Å². The Labute approximate surface area is 104 Å². The van der Waals surface area contributed by atoms with Gasteiger partial charge in [-0.2, -0.15) is 0 Å². The monoisotopic (exact) mass is 234 g/mol. The van der Waals surface area contributed by atoms with Crippen molar-refractivity contribution in [3.8, 4) is 5.75 Å². The van der Waals surface area contributed by atoms with E-state index in [1.807, 2.05) is 18.2 Å². The maximum absolute atomic E-state index is 10.5. The highest BCUT2D eigenvalue weighted by atomic mass is 16.5. The van der Waals surface area contributed by atoms with E-state index in [0.717, 1.165) is 31.6 Å². The molecule has 0 aromatic heterocycles. The highest BCUT2D eigenvalue weighted by Crippen LogP contribution is 2.38. The van der Waals surface area contributed by atoms with Gasteiger partial charge in [-0.1, -0.05) is 44.9 Å². The normalized spacial score (nSPS) is 20.8. The van der Waals surface area contributed by atoms with Gasteiger partial charge in [0.15, 0.2) is 0 Å². The number of fused-ring (bicyclic) bond motifs is 1. The van der Waals surface area contributed by atoms with E-state index in [-0.39, 0.29) is 12.0 Å². The van der Waals surface area contributed by atoms with Gasteiger partial charge in [0.2, 0.25) is 0 Å². The zero-order valence-electron chi connectivity index (χ0n) is 10.7. The van der Waals surface area contributed by atoms with Gasteiger partial charge in [0, 0.05) is 5.92 Å². The lowest BCUT2D eigenvalue weighted by Crippen LogP contribution is -2.30. The van der Waals surface area contributed by atoms with E-state index in [0.29, 0.717) is 5.92 Å². The number of hydrogen-bond donors (Lipinski definition) is 1. The molecule has 0 aliphatic carbocycles. The molecule has 0 saturated heterocycles. The molecule has 17 heavy (non-hydrogen) atoms. The van der Waals surface area contributed by atoms with Crippen LogP contribution in [-0.4, -0.2) is 17.8 Å². The lowest BCUT2D eigenvalue weighted by molar-refractivity contribution is 0.0596. The van der Waals surface area contributed by atoms with E-state index in [2.05, 4.69) is 19.9 Å². The van der Waals surface area contributed by atoms with Gasteiger partial charge >= 0.3 is 0 Å². The van der Waals surface area contributed by atoms with Crippen LogP contribution in [0, 0.1) is 5.92 Å². The van der Waals surface area contributed by atoms with Crippen LogP contribution < -0.4 is 4.74 Å². The molecule has 0 radical (unpaired) electrons. The molecule has 1 aliphatic heterocycles. The summed E-state index contributed by atoms with van der Waals surface area (Å²) < 4.78 is 5.64. The summed E-state index contributed by atoms with van der Waals surface area (Å²) >= 11 is 0. The van der Waals surface area contributed by atoms with Crippen LogP contribution in [0.3, 0.4) is 0 Å². The van der Waals surface area contributed by atoms with Crippen molar-refractivity contribution >= 4 is 0 Å². The van der Waals surface area contributed by atoms with Crippen molar-refractivity contribution in [2.24, 2.45) is 5.92 Å². The third kappa shape index (κ3) is 2.47. The van der Waals surface area contributed by atoms with Crippen molar-refractivity contribution in [3.63, 3.8) is 0 Å². The molecule has 0 bridgehead atoms. The molecule has 1 aromatic carbocycles. The standard InChI is InChI=1S/C15H22O2/c1-3-11(4-2)15(16)13-9-10-17-14-8-6-5-7-12(13)14/h5-8,11,13,15-16H,3-4,9-10H2,1-2H3. The molecular formula is C15H22O2. The molecule has 1 heterocycles. The van der Waals surface area contributed by atoms with Crippen LogP contribution in [0.25, 0.3) is 0 Å². The van der Waals surface area contributed by atoms with E-state index < -0.39 is 0 Å². The van der Waals surface area contributed by atoms with Crippen LogP contribution >= 0.6 is 0 Å². The molecule has 2 heteroatoms. The molecular weight excluding hydrogens is 212 g/mol. The van der Waals surface area contributed by atoms with Crippen molar-refractivity contribution in [1.82, 2.24) is 0 Å². The smallest absolute Gasteiger partial charge is 0.122 e. The third-order valence-corrected chi connectivity index (χ3v) is 3.95.